The third-order valence-electron chi connectivity index (χ3n) is 4.42. The zero-order valence-electron chi connectivity index (χ0n) is 12.8. The van der Waals surface area contributed by atoms with Crippen LogP contribution in [-0.2, 0) is 10.0 Å². The van der Waals surface area contributed by atoms with Crippen molar-refractivity contribution in [3.05, 3.63) is 0 Å². The van der Waals surface area contributed by atoms with Gasteiger partial charge in [-0.2, -0.15) is 0 Å². The Labute approximate surface area is 123 Å². The molecule has 0 bridgehead atoms. The van der Waals surface area contributed by atoms with Crippen LogP contribution in [-0.4, -0.2) is 69.7 Å². The molecule has 2 rings (SSSR count). The van der Waals surface area contributed by atoms with E-state index in [2.05, 4.69) is 17.3 Å². The highest BCUT2D eigenvalue weighted by molar-refractivity contribution is 7.89. The van der Waals surface area contributed by atoms with E-state index in [0.29, 0.717) is 18.5 Å². The summed E-state index contributed by atoms with van der Waals surface area (Å²) in [7, 11) is 0.796. The maximum atomic E-state index is 12.2. The first kappa shape index (κ1) is 16.2. The number of sulfonamides is 1. The molecule has 0 unspecified atom stereocenters. The van der Waals surface area contributed by atoms with E-state index in [4.69, 9.17) is 0 Å². The van der Waals surface area contributed by atoms with Crippen molar-refractivity contribution in [3.63, 3.8) is 0 Å². The highest BCUT2D eigenvalue weighted by Gasteiger charge is 2.24. The predicted molar refractivity (Wildman–Crippen MR) is 82.3 cm³/mol. The van der Waals surface area contributed by atoms with Crippen LogP contribution in [0.4, 0.5) is 0 Å². The topological polar surface area (TPSA) is 52.7 Å². The highest BCUT2D eigenvalue weighted by atomic mass is 32.2. The molecule has 6 heteroatoms. The molecule has 2 aliphatic rings. The first-order valence-corrected chi connectivity index (χ1v) is 9.44. The lowest BCUT2D eigenvalue weighted by molar-refractivity contribution is 0.202. The highest BCUT2D eigenvalue weighted by Crippen LogP contribution is 2.19. The molecule has 1 aliphatic carbocycles. The van der Waals surface area contributed by atoms with Crippen molar-refractivity contribution in [2.45, 2.75) is 38.1 Å². The first-order valence-electron chi connectivity index (χ1n) is 7.83. The smallest absolute Gasteiger partial charge is 0.213 e. The lowest BCUT2D eigenvalue weighted by atomic mass is 9.97. The lowest BCUT2D eigenvalue weighted by Crippen LogP contribution is -2.39. The van der Waals surface area contributed by atoms with Crippen molar-refractivity contribution in [2.75, 3.05) is 46.0 Å². The van der Waals surface area contributed by atoms with E-state index >= 15 is 0 Å². The molecule has 118 valence electrons. The summed E-state index contributed by atoms with van der Waals surface area (Å²) >= 11 is 0. The second-order valence-electron chi connectivity index (χ2n) is 6.43. The summed E-state index contributed by atoms with van der Waals surface area (Å²) in [6.45, 7) is 3.69. The van der Waals surface area contributed by atoms with Crippen molar-refractivity contribution < 1.29 is 8.42 Å². The van der Waals surface area contributed by atoms with Crippen molar-refractivity contribution >= 4 is 10.0 Å². The average Bonchev–Trinajstić information content (AvgIpc) is 3.21. The van der Waals surface area contributed by atoms with Gasteiger partial charge in [-0.15, -0.1) is 0 Å². The van der Waals surface area contributed by atoms with Gasteiger partial charge in [0.2, 0.25) is 10.0 Å². The summed E-state index contributed by atoms with van der Waals surface area (Å²) in [6.07, 6.45) is 5.45. The number of rotatable bonds is 8. The summed E-state index contributed by atoms with van der Waals surface area (Å²) in [5, 5.41) is 3.37. The monoisotopic (exact) mass is 303 g/mol. The SMILES string of the molecule is CN1CCC(CN(C)S(=O)(=O)CCCNC2CC2)CC1. The third kappa shape index (κ3) is 5.31. The van der Waals surface area contributed by atoms with Crippen molar-refractivity contribution in [1.82, 2.24) is 14.5 Å². The van der Waals surface area contributed by atoms with Crippen molar-refractivity contribution in [1.29, 1.82) is 0 Å². The van der Waals surface area contributed by atoms with Crippen molar-refractivity contribution in [3.8, 4) is 0 Å². The minimum Gasteiger partial charge on any atom is -0.314 e. The molecular weight excluding hydrogens is 274 g/mol. The Bertz CT molecular complexity index is 387. The van der Waals surface area contributed by atoms with Crippen LogP contribution in [0.1, 0.15) is 32.1 Å². The Kier molecular flexibility index (Phi) is 5.84. The van der Waals surface area contributed by atoms with Gasteiger partial charge in [0.15, 0.2) is 0 Å². The molecule has 1 N–H and O–H groups in total. The maximum Gasteiger partial charge on any atom is 0.213 e. The Balaban J connectivity index is 1.67. The quantitative estimate of drug-likeness (QED) is 0.672. The molecule has 0 spiro atoms. The number of nitrogens with zero attached hydrogens (tertiary/aromatic N) is 2. The zero-order chi connectivity index (χ0) is 14.6. The lowest BCUT2D eigenvalue weighted by Gasteiger charge is -2.31. The molecule has 20 heavy (non-hydrogen) atoms. The molecular formula is C14H29N3O2S. The van der Waals surface area contributed by atoms with E-state index in [9.17, 15) is 8.42 Å². The molecule has 0 aromatic carbocycles. The molecule has 0 radical (unpaired) electrons. The molecule has 0 aromatic heterocycles. The summed E-state index contributed by atoms with van der Waals surface area (Å²) < 4.78 is 26.0. The number of hydrogen-bond donors (Lipinski definition) is 1. The van der Waals surface area contributed by atoms with E-state index < -0.39 is 10.0 Å². The third-order valence-corrected chi connectivity index (χ3v) is 6.32. The number of nitrogens with one attached hydrogen (secondary N) is 1. The number of likely N-dealkylation sites (tertiary alicyclic amines) is 1. The van der Waals surface area contributed by atoms with E-state index in [0.717, 1.165) is 38.9 Å². The van der Waals surface area contributed by atoms with Crippen LogP contribution in [0.15, 0.2) is 0 Å². The fourth-order valence-corrected chi connectivity index (χ4v) is 3.98. The second-order valence-corrected chi connectivity index (χ2v) is 8.62. The maximum absolute atomic E-state index is 12.2. The minimum atomic E-state index is -3.07. The molecule has 0 amide bonds. The van der Waals surface area contributed by atoms with Crippen LogP contribution in [0, 0.1) is 5.92 Å². The van der Waals surface area contributed by atoms with Gasteiger partial charge in [0.05, 0.1) is 5.75 Å². The Morgan fingerprint density at radius 2 is 1.85 bits per heavy atom. The van der Waals surface area contributed by atoms with Crippen LogP contribution >= 0.6 is 0 Å². The van der Waals surface area contributed by atoms with Gasteiger partial charge in [-0.05, 0) is 64.7 Å². The molecule has 2 fully saturated rings. The molecule has 1 aliphatic heterocycles. The summed E-state index contributed by atoms with van der Waals surface area (Å²) in [5.74, 6) is 0.797. The van der Waals surface area contributed by atoms with Gasteiger partial charge in [-0.3, -0.25) is 0 Å². The fraction of sp³-hybridized carbons (Fsp3) is 1.00. The molecule has 1 heterocycles. The van der Waals surface area contributed by atoms with Crippen LogP contribution in [0.5, 0.6) is 0 Å². The van der Waals surface area contributed by atoms with Crippen LogP contribution in [0.2, 0.25) is 0 Å². The first-order chi connectivity index (χ1) is 9.47. The number of hydrogen-bond acceptors (Lipinski definition) is 4. The standard InChI is InChI=1S/C14H29N3O2S/c1-16-9-6-13(7-10-16)12-17(2)20(18,19)11-3-8-15-14-4-5-14/h13-15H,3-12H2,1-2H3. The van der Waals surface area contributed by atoms with Gasteiger partial charge in [0.1, 0.15) is 0 Å². The molecule has 0 atom stereocenters. The molecule has 5 nitrogen and oxygen atoms in total. The average molecular weight is 303 g/mol. The van der Waals surface area contributed by atoms with E-state index in [1.807, 2.05) is 0 Å². The molecule has 1 saturated carbocycles. The van der Waals surface area contributed by atoms with E-state index in [1.165, 1.54) is 12.8 Å². The molecule has 0 aromatic rings. The minimum absolute atomic E-state index is 0.274. The van der Waals surface area contributed by atoms with Crippen LogP contribution in [0.25, 0.3) is 0 Å². The summed E-state index contributed by atoms with van der Waals surface area (Å²) in [6, 6.07) is 0.662. The van der Waals surface area contributed by atoms with Gasteiger partial charge >= 0.3 is 0 Å². The van der Waals surface area contributed by atoms with Gasteiger partial charge in [0.25, 0.3) is 0 Å². The largest absolute Gasteiger partial charge is 0.314 e. The zero-order valence-corrected chi connectivity index (χ0v) is 13.7. The Morgan fingerprint density at radius 1 is 1.20 bits per heavy atom. The Hall–Kier alpha value is -0.170. The second kappa shape index (κ2) is 7.20. The summed E-state index contributed by atoms with van der Waals surface area (Å²) in [4.78, 5) is 2.31. The number of piperidine rings is 1. The fourth-order valence-electron chi connectivity index (χ4n) is 2.73. The van der Waals surface area contributed by atoms with E-state index in [1.54, 1.807) is 11.4 Å². The summed E-state index contributed by atoms with van der Waals surface area (Å²) in [5.41, 5.74) is 0. The normalized spacial score (nSPS) is 22.6. The van der Waals surface area contributed by atoms with Gasteiger partial charge < -0.3 is 10.2 Å². The Morgan fingerprint density at radius 3 is 2.45 bits per heavy atom. The molecule has 1 saturated heterocycles. The van der Waals surface area contributed by atoms with E-state index in [-0.39, 0.29) is 5.75 Å². The van der Waals surface area contributed by atoms with Gasteiger partial charge in [-0.25, -0.2) is 12.7 Å². The van der Waals surface area contributed by atoms with Crippen molar-refractivity contribution in [2.24, 2.45) is 5.92 Å². The van der Waals surface area contributed by atoms with Gasteiger partial charge in [-0.1, -0.05) is 0 Å². The van der Waals surface area contributed by atoms with Crippen LogP contribution in [0.3, 0.4) is 0 Å². The van der Waals surface area contributed by atoms with Gasteiger partial charge in [0, 0.05) is 19.6 Å². The predicted octanol–water partition coefficient (Wildman–Crippen LogP) is 0.732. The van der Waals surface area contributed by atoms with Crippen LogP contribution < -0.4 is 5.32 Å².